The largest absolute Gasteiger partial charge is 0.339 e. The van der Waals surface area contributed by atoms with Crippen LogP contribution in [-0.2, 0) is 5.41 Å². The predicted molar refractivity (Wildman–Crippen MR) is 110 cm³/mol. The van der Waals surface area contributed by atoms with Crippen molar-refractivity contribution in [2.45, 2.75) is 26.2 Å². The topological polar surface area (TPSA) is 66.9 Å². The van der Waals surface area contributed by atoms with Crippen LogP contribution in [0.3, 0.4) is 0 Å². The maximum absolute atomic E-state index is 12.3. The molecule has 5 nitrogen and oxygen atoms in total. The SMILES string of the molecule is CC(C)(C)c1ccccc1Nc1cnc(C(=O)Nc2ccc(Cl)cc2)cn1. The second kappa shape index (κ2) is 7.76. The third-order valence-electron chi connectivity index (χ3n) is 3.98. The number of halogens is 1. The molecule has 0 bridgehead atoms. The summed E-state index contributed by atoms with van der Waals surface area (Å²) in [5, 5.41) is 6.65. The highest BCUT2D eigenvalue weighted by atomic mass is 35.5. The van der Waals surface area contributed by atoms with E-state index in [2.05, 4.69) is 47.4 Å². The van der Waals surface area contributed by atoms with Crippen LogP contribution in [0.1, 0.15) is 36.8 Å². The fourth-order valence-corrected chi connectivity index (χ4v) is 2.75. The molecule has 138 valence electrons. The molecule has 0 saturated carbocycles. The molecular weight excluding hydrogens is 360 g/mol. The number of hydrogen-bond acceptors (Lipinski definition) is 4. The van der Waals surface area contributed by atoms with Crippen molar-refractivity contribution in [2.24, 2.45) is 0 Å². The van der Waals surface area contributed by atoms with Gasteiger partial charge in [-0.25, -0.2) is 9.97 Å². The van der Waals surface area contributed by atoms with Crippen LogP contribution >= 0.6 is 11.6 Å². The van der Waals surface area contributed by atoms with Crippen LogP contribution < -0.4 is 10.6 Å². The van der Waals surface area contributed by atoms with E-state index in [-0.39, 0.29) is 17.0 Å². The molecule has 3 rings (SSSR count). The van der Waals surface area contributed by atoms with Gasteiger partial charge in [0.15, 0.2) is 0 Å². The Labute approximate surface area is 163 Å². The van der Waals surface area contributed by atoms with Crippen LogP contribution in [0.15, 0.2) is 60.9 Å². The molecule has 1 amide bonds. The number of nitrogens with one attached hydrogen (secondary N) is 2. The number of aromatic nitrogens is 2. The molecule has 6 heteroatoms. The van der Waals surface area contributed by atoms with E-state index in [1.807, 2.05) is 18.2 Å². The molecule has 0 radical (unpaired) electrons. The lowest BCUT2D eigenvalue weighted by Gasteiger charge is -2.23. The molecule has 0 spiro atoms. The van der Waals surface area contributed by atoms with E-state index in [1.165, 1.54) is 11.8 Å². The Morgan fingerprint density at radius 3 is 2.30 bits per heavy atom. The number of carbonyl (C=O) groups is 1. The minimum atomic E-state index is -0.327. The first-order valence-electron chi connectivity index (χ1n) is 8.58. The normalized spacial score (nSPS) is 11.1. The summed E-state index contributed by atoms with van der Waals surface area (Å²) in [6, 6.07) is 15.0. The van der Waals surface area contributed by atoms with Gasteiger partial charge in [-0.1, -0.05) is 50.6 Å². The Hall–Kier alpha value is -2.92. The maximum Gasteiger partial charge on any atom is 0.275 e. The van der Waals surface area contributed by atoms with Crippen LogP contribution in [0.2, 0.25) is 5.02 Å². The number of anilines is 3. The lowest BCUT2D eigenvalue weighted by atomic mass is 9.86. The van der Waals surface area contributed by atoms with Crippen LogP contribution in [0.5, 0.6) is 0 Å². The molecule has 0 aliphatic heterocycles. The number of rotatable bonds is 4. The summed E-state index contributed by atoms with van der Waals surface area (Å²) in [6.07, 6.45) is 3.00. The van der Waals surface area contributed by atoms with Gasteiger partial charge >= 0.3 is 0 Å². The predicted octanol–water partition coefficient (Wildman–Crippen LogP) is 5.42. The average molecular weight is 381 g/mol. The van der Waals surface area contributed by atoms with E-state index in [1.54, 1.807) is 30.5 Å². The third kappa shape index (κ3) is 4.83. The minimum Gasteiger partial charge on any atom is -0.339 e. The molecule has 0 aliphatic rings. The van der Waals surface area contributed by atoms with Crippen LogP contribution in [0.4, 0.5) is 17.2 Å². The van der Waals surface area contributed by atoms with Crippen molar-refractivity contribution in [3.8, 4) is 0 Å². The quantitative estimate of drug-likeness (QED) is 0.633. The Bertz CT molecular complexity index is 932. The Morgan fingerprint density at radius 2 is 1.67 bits per heavy atom. The van der Waals surface area contributed by atoms with Crippen molar-refractivity contribution in [1.82, 2.24) is 9.97 Å². The zero-order chi connectivity index (χ0) is 19.4. The number of para-hydroxylation sites is 1. The highest BCUT2D eigenvalue weighted by Crippen LogP contribution is 2.30. The number of carbonyl (C=O) groups excluding carboxylic acids is 1. The minimum absolute atomic E-state index is 0.00454. The zero-order valence-corrected chi connectivity index (χ0v) is 16.2. The summed E-state index contributed by atoms with van der Waals surface area (Å²) >= 11 is 5.85. The molecule has 1 aromatic heterocycles. The molecule has 0 aliphatic carbocycles. The fourth-order valence-electron chi connectivity index (χ4n) is 2.62. The molecule has 3 aromatic rings. The third-order valence-corrected chi connectivity index (χ3v) is 4.24. The lowest BCUT2D eigenvalue weighted by Crippen LogP contribution is -2.15. The van der Waals surface area contributed by atoms with Gasteiger partial charge in [0.05, 0.1) is 12.4 Å². The maximum atomic E-state index is 12.3. The highest BCUT2D eigenvalue weighted by Gasteiger charge is 2.18. The van der Waals surface area contributed by atoms with Crippen molar-refractivity contribution < 1.29 is 4.79 Å². The first kappa shape index (κ1) is 18.9. The molecule has 27 heavy (non-hydrogen) atoms. The van der Waals surface area contributed by atoms with Crippen LogP contribution in [0.25, 0.3) is 0 Å². The Balaban J connectivity index is 1.72. The summed E-state index contributed by atoms with van der Waals surface area (Å²) in [5.74, 6) is 0.251. The number of nitrogens with zero attached hydrogens (tertiary/aromatic N) is 2. The average Bonchev–Trinajstić information content (AvgIpc) is 2.64. The lowest BCUT2D eigenvalue weighted by molar-refractivity contribution is 0.102. The second-order valence-corrected chi connectivity index (χ2v) is 7.60. The highest BCUT2D eigenvalue weighted by molar-refractivity contribution is 6.30. The smallest absolute Gasteiger partial charge is 0.275 e. The summed E-state index contributed by atoms with van der Waals surface area (Å²) < 4.78 is 0. The van der Waals surface area contributed by atoms with E-state index in [9.17, 15) is 4.79 Å². The van der Waals surface area contributed by atoms with E-state index in [0.717, 1.165) is 5.69 Å². The monoisotopic (exact) mass is 380 g/mol. The molecule has 2 aromatic carbocycles. The summed E-state index contributed by atoms with van der Waals surface area (Å²) in [5.41, 5.74) is 3.02. The zero-order valence-electron chi connectivity index (χ0n) is 15.5. The number of benzene rings is 2. The van der Waals surface area contributed by atoms with Gasteiger partial charge in [0.2, 0.25) is 0 Å². The Morgan fingerprint density at radius 1 is 0.963 bits per heavy atom. The van der Waals surface area contributed by atoms with Crippen molar-refractivity contribution in [2.75, 3.05) is 10.6 Å². The second-order valence-electron chi connectivity index (χ2n) is 7.17. The van der Waals surface area contributed by atoms with Gasteiger partial charge < -0.3 is 10.6 Å². The van der Waals surface area contributed by atoms with Crippen LogP contribution in [0, 0.1) is 0 Å². The van der Waals surface area contributed by atoms with Crippen molar-refractivity contribution >= 4 is 34.7 Å². The molecular formula is C21H21ClN4O. The molecule has 0 unspecified atom stereocenters. The Kier molecular flexibility index (Phi) is 5.42. The van der Waals surface area contributed by atoms with Crippen LogP contribution in [-0.4, -0.2) is 15.9 Å². The first-order chi connectivity index (χ1) is 12.8. The first-order valence-corrected chi connectivity index (χ1v) is 8.96. The molecule has 0 saturated heterocycles. The molecule has 2 N–H and O–H groups in total. The van der Waals surface area contributed by atoms with Gasteiger partial charge in [0.1, 0.15) is 11.5 Å². The fraction of sp³-hybridized carbons (Fsp3) is 0.190. The molecule has 0 fully saturated rings. The van der Waals surface area contributed by atoms with E-state index in [4.69, 9.17) is 11.6 Å². The van der Waals surface area contributed by atoms with Gasteiger partial charge in [-0.05, 0) is 41.3 Å². The molecule has 1 heterocycles. The number of amides is 1. The van der Waals surface area contributed by atoms with Gasteiger partial charge in [-0.2, -0.15) is 0 Å². The molecule has 0 atom stereocenters. The van der Waals surface area contributed by atoms with Gasteiger partial charge in [0.25, 0.3) is 5.91 Å². The number of hydrogen-bond donors (Lipinski definition) is 2. The summed E-state index contributed by atoms with van der Waals surface area (Å²) in [6.45, 7) is 6.47. The standard InChI is InChI=1S/C21H21ClN4O/c1-21(2,3)16-6-4-5-7-17(16)26-19-13-23-18(12-24-19)20(27)25-15-10-8-14(22)9-11-15/h4-13H,1-3H3,(H,24,26)(H,25,27). The summed E-state index contributed by atoms with van der Waals surface area (Å²) in [4.78, 5) is 20.8. The summed E-state index contributed by atoms with van der Waals surface area (Å²) in [7, 11) is 0. The van der Waals surface area contributed by atoms with Gasteiger partial charge in [0, 0.05) is 16.4 Å². The van der Waals surface area contributed by atoms with E-state index >= 15 is 0 Å². The van der Waals surface area contributed by atoms with Gasteiger partial charge in [-0.15, -0.1) is 0 Å². The van der Waals surface area contributed by atoms with E-state index in [0.29, 0.717) is 16.5 Å². The van der Waals surface area contributed by atoms with Crippen molar-refractivity contribution in [1.29, 1.82) is 0 Å². The van der Waals surface area contributed by atoms with E-state index < -0.39 is 0 Å². The van der Waals surface area contributed by atoms with Crippen molar-refractivity contribution in [3.63, 3.8) is 0 Å². The van der Waals surface area contributed by atoms with Crippen molar-refractivity contribution in [3.05, 3.63) is 77.2 Å². The van der Waals surface area contributed by atoms with Gasteiger partial charge in [-0.3, -0.25) is 4.79 Å².